The number of hydrogen-bond acceptors (Lipinski definition) is 5. The van der Waals surface area contributed by atoms with Gasteiger partial charge in [0, 0.05) is 40.6 Å². The zero-order valence-corrected chi connectivity index (χ0v) is 17.7. The van der Waals surface area contributed by atoms with Crippen molar-refractivity contribution in [1.82, 2.24) is 15.0 Å². The van der Waals surface area contributed by atoms with Crippen molar-refractivity contribution in [2.24, 2.45) is 0 Å². The number of aromatic nitrogens is 3. The first-order valence-corrected chi connectivity index (χ1v) is 10.3. The molecule has 2 aromatic carbocycles. The summed E-state index contributed by atoms with van der Waals surface area (Å²) in [6, 6.07) is 13.8. The van der Waals surface area contributed by atoms with Crippen LogP contribution in [0, 0.1) is 5.82 Å². The summed E-state index contributed by atoms with van der Waals surface area (Å²) in [6.07, 6.45) is 4.29. The summed E-state index contributed by atoms with van der Waals surface area (Å²) >= 11 is 6.37. The highest BCUT2D eigenvalue weighted by atomic mass is 35.5. The number of nitrogens with one attached hydrogen (secondary N) is 2. The van der Waals surface area contributed by atoms with E-state index in [1.54, 1.807) is 24.5 Å². The first-order valence-electron chi connectivity index (χ1n) is 9.93. The highest BCUT2D eigenvalue weighted by Gasteiger charge is 2.14. The Bertz CT molecular complexity index is 1260. The van der Waals surface area contributed by atoms with E-state index in [1.165, 1.54) is 12.1 Å². The van der Waals surface area contributed by atoms with E-state index in [1.807, 2.05) is 24.3 Å². The fourth-order valence-electron chi connectivity index (χ4n) is 3.23. The maximum absolute atomic E-state index is 14.0. The lowest BCUT2D eigenvalue weighted by atomic mass is 10.1. The summed E-state index contributed by atoms with van der Waals surface area (Å²) in [7, 11) is 0. The Balaban J connectivity index is 1.77. The smallest absolute Gasteiger partial charge is 0.163 e. The Kier molecular flexibility index (Phi) is 6.09. The summed E-state index contributed by atoms with van der Waals surface area (Å²) in [5.74, 6) is 0.663. The van der Waals surface area contributed by atoms with Crippen LogP contribution in [0.15, 0.2) is 67.5 Å². The van der Waals surface area contributed by atoms with E-state index < -0.39 is 0 Å². The van der Waals surface area contributed by atoms with Crippen LogP contribution >= 0.6 is 11.6 Å². The second kappa shape index (κ2) is 9.10. The Hall–Kier alpha value is -3.51. The third-order valence-corrected chi connectivity index (χ3v) is 5.09. The van der Waals surface area contributed by atoms with Gasteiger partial charge in [0.25, 0.3) is 0 Å². The summed E-state index contributed by atoms with van der Waals surface area (Å²) in [5, 5.41) is 7.88. The van der Waals surface area contributed by atoms with Crippen LogP contribution < -0.4 is 10.6 Å². The molecule has 0 amide bonds. The van der Waals surface area contributed by atoms with Crippen LogP contribution in [0.5, 0.6) is 0 Å². The zero-order valence-electron chi connectivity index (χ0n) is 17.0. The third-order valence-electron chi connectivity index (χ3n) is 4.76. The van der Waals surface area contributed by atoms with Gasteiger partial charge in [-0.3, -0.25) is 4.98 Å². The minimum absolute atomic E-state index is 0.339. The maximum atomic E-state index is 14.0. The SMILES string of the molecule is C=C(Nc1nc(-c2ccccc2Cl)nc2cnccc12)c1cc(F)ccc1NCCC. The van der Waals surface area contributed by atoms with Gasteiger partial charge in [-0.1, -0.05) is 37.2 Å². The second-order valence-corrected chi connectivity index (χ2v) is 7.40. The van der Waals surface area contributed by atoms with Crippen molar-refractivity contribution >= 4 is 39.7 Å². The Labute approximate surface area is 185 Å². The Morgan fingerprint density at radius 1 is 1.13 bits per heavy atom. The molecule has 0 aliphatic carbocycles. The molecule has 0 radical (unpaired) electrons. The Morgan fingerprint density at radius 2 is 1.97 bits per heavy atom. The number of rotatable bonds is 7. The van der Waals surface area contributed by atoms with Crippen molar-refractivity contribution in [2.45, 2.75) is 13.3 Å². The number of anilines is 2. The Morgan fingerprint density at radius 3 is 2.77 bits per heavy atom. The number of halogens is 2. The average molecular weight is 434 g/mol. The molecule has 31 heavy (non-hydrogen) atoms. The van der Waals surface area contributed by atoms with Crippen molar-refractivity contribution in [1.29, 1.82) is 0 Å². The molecule has 2 heterocycles. The van der Waals surface area contributed by atoms with Gasteiger partial charge in [0.15, 0.2) is 5.82 Å². The number of pyridine rings is 1. The molecule has 0 spiro atoms. The summed E-state index contributed by atoms with van der Waals surface area (Å²) in [6.45, 7) is 6.98. The zero-order chi connectivity index (χ0) is 21.8. The first kappa shape index (κ1) is 20.8. The van der Waals surface area contributed by atoms with Crippen LogP contribution in [0.3, 0.4) is 0 Å². The average Bonchev–Trinajstić information content (AvgIpc) is 2.78. The topological polar surface area (TPSA) is 62.7 Å². The van der Waals surface area contributed by atoms with Crippen molar-refractivity contribution in [3.05, 3.63) is 83.9 Å². The lowest BCUT2D eigenvalue weighted by Crippen LogP contribution is -2.08. The van der Waals surface area contributed by atoms with Gasteiger partial charge < -0.3 is 10.6 Å². The molecule has 4 rings (SSSR count). The molecular weight excluding hydrogens is 413 g/mol. The highest BCUT2D eigenvalue weighted by molar-refractivity contribution is 6.33. The maximum Gasteiger partial charge on any atom is 0.163 e. The fourth-order valence-corrected chi connectivity index (χ4v) is 3.45. The molecule has 0 atom stereocenters. The van der Waals surface area contributed by atoms with Crippen LogP contribution in [-0.2, 0) is 0 Å². The summed E-state index contributed by atoms with van der Waals surface area (Å²) in [5.41, 5.74) is 3.31. The number of fused-ring (bicyclic) bond motifs is 1. The van der Waals surface area contributed by atoms with Crippen LogP contribution in [-0.4, -0.2) is 21.5 Å². The van der Waals surface area contributed by atoms with Gasteiger partial charge in [-0.2, -0.15) is 0 Å². The molecule has 2 aromatic heterocycles. The molecule has 0 aliphatic heterocycles. The van der Waals surface area contributed by atoms with E-state index in [0.717, 1.165) is 24.0 Å². The van der Waals surface area contributed by atoms with Crippen LogP contribution in [0.4, 0.5) is 15.9 Å². The van der Waals surface area contributed by atoms with E-state index >= 15 is 0 Å². The molecule has 7 heteroatoms. The van der Waals surface area contributed by atoms with Crippen molar-refractivity contribution in [3.63, 3.8) is 0 Å². The monoisotopic (exact) mass is 433 g/mol. The van der Waals surface area contributed by atoms with Gasteiger partial charge in [0.05, 0.1) is 16.7 Å². The molecule has 156 valence electrons. The van der Waals surface area contributed by atoms with Gasteiger partial charge in [0.2, 0.25) is 0 Å². The minimum atomic E-state index is -0.339. The lowest BCUT2D eigenvalue weighted by Gasteiger charge is -2.17. The van der Waals surface area contributed by atoms with Gasteiger partial charge in [0.1, 0.15) is 11.6 Å². The quantitative estimate of drug-likeness (QED) is 0.353. The van der Waals surface area contributed by atoms with Crippen LogP contribution in [0.1, 0.15) is 18.9 Å². The van der Waals surface area contributed by atoms with Gasteiger partial charge >= 0.3 is 0 Å². The van der Waals surface area contributed by atoms with Crippen LogP contribution in [0.25, 0.3) is 28.0 Å². The second-order valence-electron chi connectivity index (χ2n) is 6.99. The number of nitrogens with zero attached hydrogens (tertiary/aromatic N) is 3. The van der Waals surface area contributed by atoms with E-state index in [9.17, 15) is 4.39 Å². The molecule has 0 saturated heterocycles. The van der Waals surface area contributed by atoms with E-state index in [2.05, 4.69) is 34.1 Å². The highest BCUT2D eigenvalue weighted by Crippen LogP contribution is 2.31. The molecule has 5 nitrogen and oxygen atoms in total. The molecule has 0 aliphatic rings. The van der Waals surface area contributed by atoms with Crippen molar-refractivity contribution in [3.8, 4) is 11.4 Å². The lowest BCUT2D eigenvalue weighted by molar-refractivity contribution is 0.627. The largest absolute Gasteiger partial charge is 0.385 e. The fraction of sp³-hybridized carbons (Fsp3) is 0.125. The predicted octanol–water partition coefficient (Wildman–Crippen LogP) is 6.39. The minimum Gasteiger partial charge on any atom is -0.385 e. The predicted molar refractivity (Wildman–Crippen MR) is 126 cm³/mol. The summed E-state index contributed by atoms with van der Waals surface area (Å²) in [4.78, 5) is 13.5. The molecule has 0 unspecified atom stereocenters. The van der Waals surface area contributed by atoms with Gasteiger partial charge in [-0.05, 0) is 42.8 Å². The normalized spacial score (nSPS) is 10.8. The molecule has 4 aromatic rings. The molecule has 0 saturated carbocycles. The third kappa shape index (κ3) is 4.49. The number of benzene rings is 2. The van der Waals surface area contributed by atoms with Gasteiger partial charge in [-0.15, -0.1) is 0 Å². The van der Waals surface area contributed by atoms with E-state index in [0.29, 0.717) is 39.0 Å². The summed E-state index contributed by atoms with van der Waals surface area (Å²) < 4.78 is 14.0. The van der Waals surface area contributed by atoms with E-state index in [-0.39, 0.29) is 5.82 Å². The van der Waals surface area contributed by atoms with Crippen molar-refractivity contribution in [2.75, 3.05) is 17.2 Å². The molecule has 0 fully saturated rings. The molecular formula is C24H21ClFN5. The number of hydrogen-bond donors (Lipinski definition) is 2. The van der Waals surface area contributed by atoms with Crippen LogP contribution in [0.2, 0.25) is 5.02 Å². The first-order chi connectivity index (χ1) is 15.1. The van der Waals surface area contributed by atoms with E-state index in [4.69, 9.17) is 16.6 Å². The molecule has 2 N–H and O–H groups in total. The van der Waals surface area contributed by atoms with Crippen molar-refractivity contribution < 1.29 is 4.39 Å². The van der Waals surface area contributed by atoms with Gasteiger partial charge in [-0.25, -0.2) is 14.4 Å². The molecule has 0 bridgehead atoms. The standard InChI is InChI=1S/C24H21ClFN5/c1-3-11-28-21-9-8-16(26)13-19(21)15(2)29-24-18-10-12-27-14-22(18)30-23(31-24)17-6-4-5-7-20(17)25/h4-10,12-14,28H,2-3,11H2,1H3,(H,29,30,31).